The molecule has 1 unspecified atom stereocenters. The monoisotopic (exact) mass is 454 g/mol. The maximum atomic E-state index is 13.4. The molecule has 0 aromatic heterocycles. The van der Waals surface area contributed by atoms with Gasteiger partial charge >= 0.3 is 0 Å². The Morgan fingerprint density at radius 1 is 1.06 bits per heavy atom. The van der Waals surface area contributed by atoms with Crippen LogP contribution in [0.25, 0.3) is 0 Å². The Balaban J connectivity index is 1.73. The summed E-state index contributed by atoms with van der Waals surface area (Å²) in [5.74, 6) is 0.270. The summed E-state index contributed by atoms with van der Waals surface area (Å²) in [6, 6.07) is 13.3. The number of carbonyl (C=O) groups excluding carboxylic acids is 2. The molecule has 0 saturated heterocycles. The molecule has 0 heterocycles. The van der Waals surface area contributed by atoms with E-state index in [-0.39, 0.29) is 36.8 Å². The van der Waals surface area contributed by atoms with E-state index in [1.807, 2.05) is 31.2 Å². The van der Waals surface area contributed by atoms with E-state index in [2.05, 4.69) is 19.2 Å². The van der Waals surface area contributed by atoms with E-state index in [1.165, 1.54) is 17.7 Å². The molecule has 1 aliphatic rings. The first-order valence-corrected chi connectivity index (χ1v) is 11.9. The highest BCUT2D eigenvalue weighted by molar-refractivity contribution is 5.88. The molecule has 0 aliphatic heterocycles. The van der Waals surface area contributed by atoms with Crippen LogP contribution in [-0.4, -0.2) is 35.4 Å². The average molecular weight is 455 g/mol. The first-order chi connectivity index (χ1) is 15.9. The highest BCUT2D eigenvalue weighted by Gasteiger charge is 2.30. The molecule has 2 aromatic carbocycles. The quantitative estimate of drug-likeness (QED) is 0.537. The zero-order valence-corrected chi connectivity index (χ0v) is 19.9. The highest BCUT2D eigenvalue weighted by atomic mass is 19.1. The Kier molecular flexibility index (Phi) is 8.87. The lowest BCUT2D eigenvalue weighted by Gasteiger charge is -2.31. The predicted octanol–water partition coefficient (Wildman–Crippen LogP) is 5.19. The molecule has 0 bridgehead atoms. The van der Waals surface area contributed by atoms with Crippen molar-refractivity contribution in [2.45, 2.75) is 77.4 Å². The van der Waals surface area contributed by atoms with Gasteiger partial charge in [-0.3, -0.25) is 9.59 Å². The number of ether oxygens (including phenoxy) is 1. The molecule has 2 aromatic rings. The fourth-order valence-electron chi connectivity index (χ4n) is 4.25. The minimum atomic E-state index is -0.616. The lowest BCUT2D eigenvalue weighted by Crippen LogP contribution is -2.52. The van der Waals surface area contributed by atoms with Crippen LogP contribution in [0.1, 0.15) is 69.9 Å². The van der Waals surface area contributed by atoms with Gasteiger partial charge in [-0.05, 0) is 60.6 Å². The number of nitrogens with one attached hydrogen (secondary N) is 1. The minimum Gasteiger partial charge on any atom is -0.484 e. The van der Waals surface area contributed by atoms with Gasteiger partial charge in [0.1, 0.15) is 17.6 Å². The molecule has 1 atom stereocenters. The van der Waals surface area contributed by atoms with E-state index in [9.17, 15) is 14.0 Å². The molecular formula is C27H35FN2O3. The number of benzene rings is 2. The Bertz CT molecular complexity index is 906. The number of carbonyl (C=O) groups is 2. The lowest BCUT2D eigenvalue weighted by atomic mass is 10.0. The van der Waals surface area contributed by atoms with E-state index in [1.54, 1.807) is 17.0 Å². The van der Waals surface area contributed by atoms with Crippen molar-refractivity contribution in [1.82, 2.24) is 10.2 Å². The van der Waals surface area contributed by atoms with Crippen LogP contribution in [0.2, 0.25) is 0 Å². The topological polar surface area (TPSA) is 58.6 Å². The average Bonchev–Trinajstić information content (AvgIpc) is 3.32. The summed E-state index contributed by atoms with van der Waals surface area (Å²) < 4.78 is 19.2. The molecule has 5 nitrogen and oxygen atoms in total. The smallest absolute Gasteiger partial charge is 0.261 e. The van der Waals surface area contributed by atoms with Gasteiger partial charge in [-0.1, -0.05) is 57.9 Å². The molecule has 33 heavy (non-hydrogen) atoms. The standard InChI is InChI=1S/C27H35FN2O3/c1-4-25(27(32)29-23-7-5-6-8-23)30(17-20-9-13-22(28)14-10-20)26(31)18-33-24-15-11-21(12-16-24)19(2)3/h9-16,19,23,25H,4-8,17-18H2,1-3H3,(H,29,32). The Morgan fingerprint density at radius 3 is 2.27 bits per heavy atom. The first kappa shape index (κ1) is 24.7. The maximum Gasteiger partial charge on any atom is 0.261 e. The fraction of sp³-hybridized carbons (Fsp3) is 0.481. The molecule has 1 aliphatic carbocycles. The molecule has 1 N–H and O–H groups in total. The molecule has 1 saturated carbocycles. The third kappa shape index (κ3) is 7.04. The van der Waals surface area contributed by atoms with E-state index in [0.717, 1.165) is 31.2 Å². The summed E-state index contributed by atoms with van der Waals surface area (Å²) in [4.78, 5) is 27.9. The molecular weight excluding hydrogens is 419 g/mol. The normalized spacial score (nSPS) is 14.8. The van der Waals surface area contributed by atoms with Crippen LogP contribution in [0, 0.1) is 5.82 Å². The molecule has 178 valence electrons. The van der Waals surface area contributed by atoms with Gasteiger partial charge in [-0.2, -0.15) is 0 Å². The fourth-order valence-corrected chi connectivity index (χ4v) is 4.25. The van der Waals surface area contributed by atoms with Crippen LogP contribution in [0.15, 0.2) is 48.5 Å². The summed E-state index contributed by atoms with van der Waals surface area (Å²) in [5, 5.41) is 3.12. The van der Waals surface area contributed by atoms with Crippen LogP contribution in [0.3, 0.4) is 0 Å². The van der Waals surface area contributed by atoms with Crippen molar-refractivity contribution in [3.63, 3.8) is 0 Å². The third-order valence-corrected chi connectivity index (χ3v) is 6.26. The summed E-state index contributed by atoms with van der Waals surface area (Å²) in [6.45, 7) is 6.18. The van der Waals surface area contributed by atoms with Crippen molar-refractivity contribution >= 4 is 11.8 Å². The molecule has 0 spiro atoms. The van der Waals surface area contributed by atoms with Gasteiger partial charge < -0.3 is 15.0 Å². The number of amides is 2. The van der Waals surface area contributed by atoms with Gasteiger partial charge in [0, 0.05) is 12.6 Å². The van der Waals surface area contributed by atoms with Crippen molar-refractivity contribution in [2.75, 3.05) is 6.61 Å². The largest absolute Gasteiger partial charge is 0.484 e. The van der Waals surface area contributed by atoms with Gasteiger partial charge in [0.05, 0.1) is 0 Å². The van der Waals surface area contributed by atoms with Gasteiger partial charge in [0.25, 0.3) is 5.91 Å². The Morgan fingerprint density at radius 2 is 1.70 bits per heavy atom. The predicted molar refractivity (Wildman–Crippen MR) is 127 cm³/mol. The van der Waals surface area contributed by atoms with E-state index >= 15 is 0 Å². The second-order valence-electron chi connectivity index (χ2n) is 9.07. The van der Waals surface area contributed by atoms with Crippen molar-refractivity contribution in [3.05, 3.63) is 65.5 Å². The van der Waals surface area contributed by atoms with Crippen LogP contribution in [-0.2, 0) is 16.1 Å². The second kappa shape index (κ2) is 11.8. The zero-order chi connectivity index (χ0) is 23.8. The molecule has 6 heteroatoms. The zero-order valence-electron chi connectivity index (χ0n) is 19.9. The Labute approximate surface area is 196 Å². The maximum absolute atomic E-state index is 13.4. The number of rotatable bonds is 10. The van der Waals surface area contributed by atoms with Crippen molar-refractivity contribution in [1.29, 1.82) is 0 Å². The van der Waals surface area contributed by atoms with Gasteiger partial charge in [-0.25, -0.2) is 4.39 Å². The SMILES string of the molecule is CCC(C(=O)NC1CCCC1)N(Cc1ccc(F)cc1)C(=O)COc1ccc(C(C)C)cc1. The Hall–Kier alpha value is -2.89. The van der Waals surface area contributed by atoms with Gasteiger partial charge in [0.15, 0.2) is 6.61 Å². The van der Waals surface area contributed by atoms with Crippen LogP contribution in [0.4, 0.5) is 4.39 Å². The van der Waals surface area contributed by atoms with Gasteiger partial charge in [0.2, 0.25) is 5.91 Å². The van der Waals surface area contributed by atoms with Crippen LogP contribution in [0.5, 0.6) is 5.75 Å². The van der Waals surface area contributed by atoms with E-state index in [0.29, 0.717) is 18.1 Å². The number of hydrogen-bond donors (Lipinski definition) is 1. The highest BCUT2D eigenvalue weighted by Crippen LogP contribution is 2.21. The molecule has 0 radical (unpaired) electrons. The molecule has 1 fully saturated rings. The summed E-state index contributed by atoms with van der Waals surface area (Å²) in [7, 11) is 0. The summed E-state index contributed by atoms with van der Waals surface area (Å²) >= 11 is 0. The summed E-state index contributed by atoms with van der Waals surface area (Å²) in [6.07, 6.45) is 4.66. The minimum absolute atomic E-state index is 0.138. The third-order valence-electron chi connectivity index (χ3n) is 6.26. The number of hydrogen-bond acceptors (Lipinski definition) is 3. The van der Waals surface area contributed by atoms with E-state index in [4.69, 9.17) is 4.74 Å². The van der Waals surface area contributed by atoms with Crippen molar-refractivity contribution in [3.8, 4) is 5.75 Å². The number of halogens is 1. The van der Waals surface area contributed by atoms with Gasteiger partial charge in [-0.15, -0.1) is 0 Å². The van der Waals surface area contributed by atoms with Crippen LogP contribution < -0.4 is 10.1 Å². The molecule has 2 amide bonds. The first-order valence-electron chi connectivity index (χ1n) is 11.9. The van der Waals surface area contributed by atoms with E-state index < -0.39 is 6.04 Å². The second-order valence-corrected chi connectivity index (χ2v) is 9.07. The summed E-state index contributed by atoms with van der Waals surface area (Å²) in [5.41, 5.74) is 1.96. The van der Waals surface area contributed by atoms with Crippen molar-refractivity contribution in [2.24, 2.45) is 0 Å². The van der Waals surface area contributed by atoms with Crippen molar-refractivity contribution < 1.29 is 18.7 Å². The number of nitrogens with zero attached hydrogens (tertiary/aromatic N) is 1. The molecule has 3 rings (SSSR count). The van der Waals surface area contributed by atoms with Crippen LogP contribution >= 0.6 is 0 Å². The lowest BCUT2D eigenvalue weighted by molar-refractivity contribution is -0.143.